The summed E-state index contributed by atoms with van der Waals surface area (Å²) in [6.07, 6.45) is 8.07. The molecule has 1 aromatic heterocycles. The van der Waals surface area contributed by atoms with Gasteiger partial charge in [0.25, 0.3) is 0 Å². The molecular formula is C18H21FNO2+. The molecule has 0 unspecified atom stereocenters. The maximum atomic E-state index is 11.9. The van der Waals surface area contributed by atoms with Crippen LogP contribution in [0.25, 0.3) is 12.2 Å². The molecule has 4 heteroatoms. The van der Waals surface area contributed by atoms with E-state index >= 15 is 0 Å². The van der Waals surface area contributed by atoms with Crippen LogP contribution in [0.5, 0.6) is 5.75 Å². The van der Waals surface area contributed by atoms with Gasteiger partial charge in [0, 0.05) is 17.7 Å². The maximum Gasteiger partial charge on any atom is 0.169 e. The highest BCUT2D eigenvalue weighted by Gasteiger charge is 2.00. The quantitative estimate of drug-likeness (QED) is 0.552. The van der Waals surface area contributed by atoms with Crippen molar-refractivity contribution in [1.82, 2.24) is 0 Å². The molecule has 0 bridgehead atoms. The molecule has 0 amide bonds. The molecule has 1 aromatic carbocycles. The van der Waals surface area contributed by atoms with E-state index in [4.69, 9.17) is 9.47 Å². The molecule has 0 saturated heterocycles. The molecule has 0 N–H and O–H groups in total. The van der Waals surface area contributed by atoms with Crippen LogP contribution in [0.15, 0.2) is 48.8 Å². The van der Waals surface area contributed by atoms with Gasteiger partial charge in [-0.1, -0.05) is 30.4 Å². The van der Waals surface area contributed by atoms with Crippen molar-refractivity contribution >= 4 is 12.2 Å². The van der Waals surface area contributed by atoms with Gasteiger partial charge in [-0.2, -0.15) is 0 Å². The first kappa shape index (κ1) is 16.2. The smallest absolute Gasteiger partial charge is 0.169 e. The van der Waals surface area contributed by atoms with Crippen molar-refractivity contribution in [2.45, 2.75) is 0 Å². The number of aryl methyl sites for hydroxylation is 1. The largest absolute Gasteiger partial charge is 0.491 e. The SMILES string of the molecule is C[n+]1ccc(C=Cc2ccccc2OCCOCCF)cc1. The number of benzene rings is 1. The first-order chi connectivity index (χ1) is 10.8. The number of halogens is 1. The number of ether oxygens (including phenoxy) is 2. The molecule has 0 radical (unpaired) electrons. The van der Waals surface area contributed by atoms with Crippen molar-refractivity contribution in [1.29, 1.82) is 0 Å². The van der Waals surface area contributed by atoms with Gasteiger partial charge in [-0.05, 0) is 11.6 Å². The summed E-state index contributed by atoms with van der Waals surface area (Å²) in [6.45, 7) is 0.452. The zero-order chi connectivity index (χ0) is 15.6. The predicted molar refractivity (Wildman–Crippen MR) is 85.3 cm³/mol. The zero-order valence-electron chi connectivity index (χ0n) is 12.7. The second kappa shape index (κ2) is 8.95. The number of pyridine rings is 1. The minimum atomic E-state index is -0.464. The van der Waals surface area contributed by atoms with Crippen molar-refractivity contribution in [2.75, 3.05) is 26.5 Å². The van der Waals surface area contributed by atoms with Gasteiger partial charge in [-0.25, -0.2) is 8.96 Å². The molecule has 0 atom stereocenters. The highest BCUT2D eigenvalue weighted by Crippen LogP contribution is 2.20. The van der Waals surface area contributed by atoms with Crippen LogP contribution in [0.1, 0.15) is 11.1 Å². The normalized spacial score (nSPS) is 11.0. The number of aromatic nitrogens is 1. The van der Waals surface area contributed by atoms with Gasteiger partial charge in [0.1, 0.15) is 26.1 Å². The Labute approximate surface area is 130 Å². The fourth-order valence-electron chi connectivity index (χ4n) is 1.93. The van der Waals surface area contributed by atoms with Gasteiger partial charge >= 0.3 is 0 Å². The van der Waals surface area contributed by atoms with E-state index in [0.29, 0.717) is 13.2 Å². The predicted octanol–water partition coefficient (Wildman–Crippen LogP) is 3.05. The standard InChI is InChI=1S/C18H21FNO2/c1-20-11-8-16(9-12-20)6-7-17-4-2-3-5-18(17)22-15-14-21-13-10-19/h2-9,11-12H,10,13-15H2,1H3/q+1. The molecule has 3 nitrogen and oxygen atoms in total. The van der Waals surface area contributed by atoms with Gasteiger partial charge in [0.2, 0.25) is 0 Å². The molecule has 0 aliphatic heterocycles. The number of rotatable bonds is 8. The van der Waals surface area contributed by atoms with Gasteiger partial charge in [-0.15, -0.1) is 0 Å². The van der Waals surface area contributed by atoms with E-state index in [1.807, 2.05) is 72.6 Å². The fraction of sp³-hybridized carbons (Fsp3) is 0.278. The Morgan fingerprint density at radius 1 is 1.00 bits per heavy atom. The molecular weight excluding hydrogens is 281 g/mol. The molecule has 0 spiro atoms. The molecule has 2 rings (SSSR count). The lowest BCUT2D eigenvalue weighted by molar-refractivity contribution is -0.671. The molecule has 0 fully saturated rings. The summed E-state index contributed by atoms with van der Waals surface area (Å²) in [5.74, 6) is 0.795. The van der Waals surface area contributed by atoms with E-state index in [-0.39, 0.29) is 6.61 Å². The molecule has 116 valence electrons. The van der Waals surface area contributed by atoms with E-state index < -0.39 is 6.67 Å². The molecule has 0 aliphatic rings. The Morgan fingerprint density at radius 3 is 2.55 bits per heavy atom. The molecule has 0 aliphatic carbocycles. The highest BCUT2D eigenvalue weighted by atomic mass is 19.1. The monoisotopic (exact) mass is 302 g/mol. The van der Waals surface area contributed by atoms with Gasteiger partial charge in [0.05, 0.1) is 13.2 Å². The van der Waals surface area contributed by atoms with Crippen LogP contribution in [-0.2, 0) is 11.8 Å². The van der Waals surface area contributed by atoms with E-state index in [9.17, 15) is 4.39 Å². The summed E-state index contributed by atoms with van der Waals surface area (Å²) in [4.78, 5) is 0. The Hall–Kier alpha value is -2.20. The van der Waals surface area contributed by atoms with Crippen molar-refractivity contribution in [3.8, 4) is 5.75 Å². The van der Waals surface area contributed by atoms with Gasteiger partial charge in [0.15, 0.2) is 12.4 Å². The van der Waals surface area contributed by atoms with Crippen molar-refractivity contribution < 1.29 is 18.4 Å². The van der Waals surface area contributed by atoms with Crippen LogP contribution in [0.2, 0.25) is 0 Å². The second-order valence-electron chi connectivity index (χ2n) is 4.82. The first-order valence-electron chi connectivity index (χ1n) is 7.28. The Balaban J connectivity index is 1.97. The average molecular weight is 302 g/mol. The molecule has 1 heterocycles. The lowest BCUT2D eigenvalue weighted by Gasteiger charge is -2.09. The topological polar surface area (TPSA) is 22.3 Å². The number of alkyl halides is 1. The Kier molecular flexibility index (Phi) is 6.58. The van der Waals surface area contributed by atoms with Crippen molar-refractivity contribution in [3.63, 3.8) is 0 Å². The van der Waals surface area contributed by atoms with E-state index in [1.54, 1.807) is 0 Å². The first-order valence-corrected chi connectivity index (χ1v) is 7.28. The highest BCUT2D eigenvalue weighted by molar-refractivity contribution is 5.72. The van der Waals surface area contributed by atoms with E-state index in [2.05, 4.69) is 0 Å². The van der Waals surface area contributed by atoms with Crippen LogP contribution in [0.4, 0.5) is 4.39 Å². The summed E-state index contributed by atoms with van der Waals surface area (Å²) in [5.41, 5.74) is 2.13. The Bertz CT molecular complexity index is 596. The summed E-state index contributed by atoms with van der Waals surface area (Å²) < 4.78 is 24.7. The van der Waals surface area contributed by atoms with Crippen LogP contribution in [0.3, 0.4) is 0 Å². The third-order valence-corrected chi connectivity index (χ3v) is 3.09. The summed E-state index contributed by atoms with van der Waals surface area (Å²) >= 11 is 0. The number of hydrogen-bond donors (Lipinski definition) is 0. The van der Waals surface area contributed by atoms with Crippen LogP contribution < -0.4 is 9.30 Å². The molecule has 0 saturated carbocycles. The molecule has 2 aromatic rings. The Morgan fingerprint density at radius 2 is 1.77 bits per heavy atom. The summed E-state index contributed by atoms with van der Waals surface area (Å²) in [5, 5.41) is 0. The van der Waals surface area contributed by atoms with E-state index in [1.165, 1.54) is 0 Å². The average Bonchev–Trinajstić information content (AvgIpc) is 2.55. The number of para-hydroxylation sites is 1. The lowest BCUT2D eigenvalue weighted by Crippen LogP contribution is -2.25. The lowest BCUT2D eigenvalue weighted by atomic mass is 10.1. The van der Waals surface area contributed by atoms with Crippen molar-refractivity contribution in [2.24, 2.45) is 7.05 Å². The fourth-order valence-corrected chi connectivity index (χ4v) is 1.93. The summed E-state index contributed by atoms with van der Waals surface area (Å²) in [6, 6.07) is 11.9. The van der Waals surface area contributed by atoms with Crippen LogP contribution in [-0.4, -0.2) is 26.5 Å². The van der Waals surface area contributed by atoms with Crippen LogP contribution >= 0.6 is 0 Å². The van der Waals surface area contributed by atoms with E-state index in [0.717, 1.165) is 16.9 Å². The number of nitrogens with zero attached hydrogens (tertiary/aromatic N) is 1. The zero-order valence-corrected chi connectivity index (χ0v) is 12.7. The molecule has 22 heavy (non-hydrogen) atoms. The maximum absolute atomic E-state index is 11.9. The summed E-state index contributed by atoms with van der Waals surface area (Å²) in [7, 11) is 1.99. The van der Waals surface area contributed by atoms with Gasteiger partial charge in [-0.3, -0.25) is 0 Å². The third kappa shape index (κ3) is 5.30. The van der Waals surface area contributed by atoms with Crippen LogP contribution in [0, 0.1) is 0 Å². The third-order valence-electron chi connectivity index (χ3n) is 3.09. The minimum absolute atomic E-state index is 0.121. The second-order valence-corrected chi connectivity index (χ2v) is 4.82. The van der Waals surface area contributed by atoms with Gasteiger partial charge < -0.3 is 9.47 Å². The minimum Gasteiger partial charge on any atom is -0.491 e. The van der Waals surface area contributed by atoms with Crippen molar-refractivity contribution in [3.05, 3.63) is 59.9 Å². The number of hydrogen-bond acceptors (Lipinski definition) is 2.